The van der Waals surface area contributed by atoms with Gasteiger partial charge in [-0.15, -0.1) is 0 Å². The number of methoxy groups -OCH3 is 1. The normalized spacial score (nSPS) is 32.3. The standard InChI is InChI=1S/C16H30N2O2/c1-13(2)18-11-7-4-8-14(18)12-16(15(19)20-3)9-5-6-10-17-16/h13-14,17H,4-12H2,1-3H3. The van der Waals surface area contributed by atoms with Gasteiger partial charge in [0, 0.05) is 12.1 Å². The summed E-state index contributed by atoms with van der Waals surface area (Å²) in [6.07, 6.45) is 7.88. The molecule has 0 bridgehead atoms. The van der Waals surface area contributed by atoms with E-state index in [0.29, 0.717) is 12.1 Å². The molecule has 0 saturated carbocycles. The number of carbonyl (C=O) groups is 1. The molecule has 4 heteroatoms. The Labute approximate surface area is 123 Å². The average molecular weight is 282 g/mol. The lowest BCUT2D eigenvalue weighted by molar-refractivity contribution is -0.151. The van der Waals surface area contributed by atoms with Gasteiger partial charge in [0.15, 0.2) is 0 Å². The van der Waals surface area contributed by atoms with Gasteiger partial charge in [-0.3, -0.25) is 9.69 Å². The van der Waals surface area contributed by atoms with Crippen molar-refractivity contribution in [2.45, 2.75) is 76.4 Å². The van der Waals surface area contributed by atoms with Crippen molar-refractivity contribution in [3.63, 3.8) is 0 Å². The molecule has 2 unspecified atom stereocenters. The third-order valence-electron chi connectivity index (χ3n) is 4.99. The zero-order valence-electron chi connectivity index (χ0n) is 13.3. The highest BCUT2D eigenvalue weighted by atomic mass is 16.5. The predicted molar refractivity (Wildman–Crippen MR) is 80.7 cm³/mol. The van der Waals surface area contributed by atoms with Gasteiger partial charge in [0.25, 0.3) is 0 Å². The van der Waals surface area contributed by atoms with E-state index in [0.717, 1.165) is 32.2 Å². The van der Waals surface area contributed by atoms with Gasteiger partial charge in [0.05, 0.1) is 7.11 Å². The second-order valence-electron chi connectivity index (χ2n) is 6.64. The lowest BCUT2D eigenvalue weighted by Gasteiger charge is -2.44. The summed E-state index contributed by atoms with van der Waals surface area (Å²) in [4.78, 5) is 14.9. The van der Waals surface area contributed by atoms with Crippen LogP contribution in [0.5, 0.6) is 0 Å². The van der Waals surface area contributed by atoms with Crippen molar-refractivity contribution in [3.05, 3.63) is 0 Å². The van der Waals surface area contributed by atoms with Crippen molar-refractivity contribution in [1.82, 2.24) is 10.2 Å². The first-order chi connectivity index (χ1) is 9.59. The van der Waals surface area contributed by atoms with E-state index in [-0.39, 0.29) is 5.97 Å². The molecule has 1 N–H and O–H groups in total. The molecule has 2 aliphatic rings. The fourth-order valence-corrected chi connectivity index (χ4v) is 3.92. The average Bonchev–Trinajstić information content (AvgIpc) is 2.47. The van der Waals surface area contributed by atoms with Crippen LogP contribution in [0.4, 0.5) is 0 Å². The van der Waals surface area contributed by atoms with Crippen LogP contribution in [-0.4, -0.2) is 48.7 Å². The van der Waals surface area contributed by atoms with Gasteiger partial charge in [-0.2, -0.15) is 0 Å². The molecule has 0 aromatic rings. The first-order valence-corrected chi connectivity index (χ1v) is 8.18. The first-order valence-electron chi connectivity index (χ1n) is 8.18. The zero-order chi connectivity index (χ0) is 14.6. The van der Waals surface area contributed by atoms with Crippen molar-refractivity contribution in [2.75, 3.05) is 20.2 Å². The first kappa shape index (κ1) is 15.8. The molecule has 4 nitrogen and oxygen atoms in total. The maximum atomic E-state index is 12.3. The van der Waals surface area contributed by atoms with Crippen molar-refractivity contribution in [1.29, 1.82) is 0 Å². The molecule has 2 aliphatic heterocycles. The Kier molecular flexibility index (Phi) is 5.44. The Morgan fingerprint density at radius 3 is 2.75 bits per heavy atom. The molecule has 2 saturated heterocycles. The highest BCUT2D eigenvalue weighted by Crippen LogP contribution is 2.32. The number of nitrogens with one attached hydrogen (secondary N) is 1. The van der Waals surface area contributed by atoms with E-state index >= 15 is 0 Å². The van der Waals surface area contributed by atoms with Crippen LogP contribution in [0.15, 0.2) is 0 Å². The molecule has 20 heavy (non-hydrogen) atoms. The van der Waals surface area contributed by atoms with Crippen molar-refractivity contribution in [2.24, 2.45) is 0 Å². The zero-order valence-corrected chi connectivity index (χ0v) is 13.3. The van der Waals surface area contributed by atoms with E-state index in [1.807, 2.05) is 0 Å². The molecule has 2 heterocycles. The third kappa shape index (κ3) is 3.34. The van der Waals surface area contributed by atoms with Crippen molar-refractivity contribution < 1.29 is 9.53 Å². The molecule has 0 amide bonds. The molecule has 2 atom stereocenters. The van der Waals surface area contributed by atoms with Crippen LogP contribution >= 0.6 is 0 Å². The fourth-order valence-electron chi connectivity index (χ4n) is 3.92. The summed E-state index contributed by atoms with van der Waals surface area (Å²) in [6.45, 7) is 6.62. The summed E-state index contributed by atoms with van der Waals surface area (Å²) in [7, 11) is 1.52. The summed E-state index contributed by atoms with van der Waals surface area (Å²) in [6, 6.07) is 1.06. The summed E-state index contributed by atoms with van der Waals surface area (Å²) < 4.78 is 5.11. The van der Waals surface area contributed by atoms with E-state index in [2.05, 4.69) is 24.1 Å². The number of ether oxygens (including phenoxy) is 1. The van der Waals surface area contributed by atoms with Crippen LogP contribution in [0.1, 0.15) is 58.8 Å². The van der Waals surface area contributed by atoms with Gasteiger partial charge in [0.2, 0.25) is 0 Å². The lowest BCUT2D eigenvalue weighted by atomic mass is 9.80. The van der Waals surface area contributed by atoms with Crippen LogP contribution < -0.4 is 5.32 Å². The van der Waals surface area contributed by atoms with E-state index < -0.39 is 5.54 Å². The van der Waals surface area contributed by atoms with Crippen molar-refractivity contribution >= 4 is 5.97 Å². The number of rotatable bonds is 4. The Morgan fingerprint density at radius 2 is 2.15 bits per heavy atom. The fraction of sp³-hybridized carbons (Fsp3) is 0.938. The molecule has 0 radical (unpaired) electrons. The van der Waals surface area contributed by atoms with Gasteiger partial charge < -0.3 is 10.1 Å². The Hall–Kier alpha value is -0.610. The predicted octanol–water partition coefficient (Wildman–Crippen LogP) is 2.32. The molecule has 2 rings (SSSR count). The van der Waals surface area contributed by atoms with Crippen LogP contribution in [0.25, 0.3) is 0 Å². The Bertz CT molecular complexity index is 324. The molecule has 0 aromatic heterocycles. The number of esters is 1. The molecular formula is C16H30N2O2. The summed E-state index contributed by atoms with van der Waals surface area (Å²) >= 11 is 0. The summed E-state index contributed by atoms with van der Waals surface area (Å²) in [5.74, 6) is -0.0634. The van der Waals surface area contributed by atoms with Crippen LogP contribution in [-0.2, 0) is 9.53 Å². The topological polar surface area (TPSA) is 41.6 Å². The lowest BCUT2D eigenvalue weighted by Crippen LogP contribution is -2.59. The van der Waals surface area contributed by atoms with Crippen LogP contribution in [0.3, 0.4) is 0 Å². The maximum absolute atomic E-state index is 12.3. The highest BCUT2D eigenvalue weighted by Gasteiger charge is 2.43. The van der Waals surface area contributed by atoms with Gasteiger partial charge >= 0.3 is 5.97 Å². The van der Waals surface area contributed by atoms with E-state index in [1.165, 1.54) is 32.9 Å². The van der Waals surface area contributed by atoms with Gasteiger partial charge in [-0.25, -0.2) is 0 Å². The largest absolute Gasteiger partial charge is 0.468 e. The highest BCUT2D eigenvalue weighted by molar-refractivity contribution is 5.81. The van der Waals surface area contributed by atoms with E-state index in [1.54, 1.807) is 0 Å². The minimum Gasteiger partial charge on any atom is -0.468 e. The SMILES string of the molecule is COC(=O)C1(CC2CCCCN2C(C)C)CCCCN1. The number of carbonyl (C=O) groups excluding carboxylic acids is 1. The van der Waals surface area contributed by atoms with E-state index in [9.17, 15) is 4.79 Å². The van der Waals surface area contributed by atoms with Gasteiger partial charge in [0.1, 0.15) is 5.54 Å². The molecule has 0 spiro atoms. The number of hydrogen-bond donors (Lipinski definition) is 1. The van der Waals surface area contributed by atoms with Crippen molar-refractivity contribution in [3.8, 4) is 0 Å². The number of likely N-dealkylation sites (tertiary alicyclic amines) is 1. The third-order valence-corrected chi connectivity index (χ3v) is 4.99. The molecule has 116 valence electrons. The second kappa shape index (κ2) is 6.90. The van der Waals surface area contributed by atoms with Gasteiger partial charge in [-0.1, -0.05) is 6.42 Å². The minimum absolute atomic E-state index is 0.0634. The molecule has 2 fully saturated rings. The maximum Gasteiger partial charge on any atom is 0.326 e. The summed E-state index contributed by atoms with van der Waals surface area (Å²) in [5, 5.41) is 3.49. The number of hydrogen-bond acceptors (Lipinski definition) is 4. The monoisotopic (exact) mass is 282 g/mol. The molecule has 0 aliphatic carbocycles. The van der Waals surface area contributed by atoms with Gasteiger partial charge in [-0.05, 0) is 65.5 Å². The smallest absolute Gasteiger partial charge is 0.326 e. The number of nitrogens with zero attached hydrogens (tertiary/aromatic N) is 1. The molecular weight excluding hydrogens is 252 g/mol. The Morgan fingerprint density at radius 1 is 1.35 bits per heavy atom. The number of piperidine rings is 2. The van der Waals surface area contributed by atoms with E-state index in [4.69, 9.17) is 4.74 Å². The van der Waals surface area contributed by atoms with Crippen LogP contribution in [0.2, 0.25) is 0 Å². The molecule has 0 aromatic carbocycles. The quantitative estimate of drug-likeness (QED) is 0.804. The minimum atomic E-state index is -0.442. The summed E-state index contributed by atoms with van der Waals surface area (Å²) in [5.41, 5.74) is -0.442. The van der Waals surface area contributed by atoms with Crippen LogP contribution in [0, 0.1) is 0 Å². The Balaban J connectivity index is 2.11. The second-order valence-corrected chi connectivity index (χ2v) is 6.64.